The molecule has 2 atom stereocenters. The number of ether oxygens (including phenoxy) is 1. The molecule has 3 aliphatic rings. The lowest BCUT2D eigenvalue weighted by Crippen LogP contribution is -2.56. The van der Waals surface area contributed by atoms with Crippen LogP contribution in [0.15, 0.2) is 28.3 Å². The van der Waals surface area contributed by atoms with Gasteiger partial charge in [0.15, 0.2) is 11.9 Å². The van der Waals surface area contributed by atoms with Gasteiger partial charge in [0.1, 0.15) is 11.6 Å². The number of aliphatic imine (C=N–C) groups is 1. The van der Waals surface area contributed by atoms with Crippen molar-refractivity contribution in [2.24, 2.45) is 15.5 Å². The molecule has 1 aromatic carbocycles. The summed E-state index contributed by atoms with van der Waals surface area (Å²) in [7, 11) is 2.18. The second-order valence-electron chi connectivity index (χ2n) is 10.7. The maximum atomic E-state index is 13.3. The summed E-state index contributed by atoms with van der Waals surface area (Å²) in [4.78, 5) is 23.0. The monoisotopic (exact) mass is 482 g/mol. The smallest absolute Gasteiger partial charge is 0.252 e. The molecule has 8 heteroatoms. The van der Waals surface area contributed by atoms with E-state index in [1.165, 1.54) is 5.56 Å². The summed E-state index contributed by atoms with van der Waals surface area (Å²) in [5.74, 6) is 2.13. The number of benzene rings is 1. The number of likely N-dealkylation sites (N-methyl/N-ethyl adjacent to an activating group) is 1. The Morgan fingerprint density at radius 3 is 2.60 bits per heavy atom. The molecule has 1 aromatic rings. The molecule has 4 rings (SSSR count). The van der Waals surface area contributed by atoms with Gasteiger partial charge in [0.25, 0.3) is 5.91 Å². The van der Waals surface area contributed by atoms with Gasteiger partial charge in [-0.3, -0.25) is 9.79 Å². The Kier molecular flexibility index (Phi) is 7.81. The number of nitrogens with one attached hydrogen (secondary N) is 1. The van der Waals surface area contributed by atoms with E-state index in [0.29, 0.717) is 12.4 Å². The van der Waals surface area contributed by atoms with E-state index in [2.05, 4.69) is 55.1 Å². The van der Waals surface area contributed by atoms with Crippen molar-refractivity contribution in [3.05, 3.63) is 29.3 Å². The van der Waals surface area contributed by atoms with E-state index in [-0.39, 0.29) is 17.4 Å². The number of hydrazone groups is 1. The van der Waals surface area contributed by atoms with Gasteiger partial charge in [-0.05, 0) is 51.4 Å². The summed E-state index contributed by atoms with van der Waals surface area (Å²) in [6.07, 6.45) is 2.98. The molecule has 1 saturated heterocycles. The molecule has 2 unspecified atom stereocenters. The van der Waals surface area contributed by atoms with Crippen LogP contribution >= 0.6 is 0 Å². The molecule has 0 aromatic heterocycles. The SMILES string of the molecule is CCCC(C)(C)C1=NC(C)C2C(=O)NC(c3cc(CCN4CCN(C)CC4)ccc3OCC)=NN12. The van der Waals surface area contributed by atoms with Crippen LogP contribution in [0.3, 0.4) is 0 Å². The van der Waals surface area contributed by atoms with Gasteiger partial charge in [0.2, 0.25) is 0 Å². The normalized spacial score (nSPS) is 23.6. The highest BCUT2D eigenvalue weighted by atomic mass is 16.5. The molecule has 1 fully saturated rings. The zero-order chi connectivity index (χ0) is 25.2. The van der Waals surface area contributed by atoms with E-state index in [9.17, 15) is 4.79 Å². The maximum Gasteiger partial charge on any atom is 0.252 e. The first-order valence-corrected chi connectivity index (χ1v) is 13.2. The highest BCUT2D eigenvalue weighted by Crippen LogP contribution is 2.35. The Morgan fingerprint density at radius 2 is 1.91 bits per heavy atom. The van der Waals surface area contributed by atoms with Crippen LogP contribution in [0.25, 0.3) is 0 Å². The van der Waals surface area contributed by atoms with Gasteiger partial charge >= 0.3 is 0 Å². The first kappa shape index (κ1) is 25.6. The Labute approximate surface area is 210 Å². The number of hydrogen-bond donors (Lipinski definition) is 1. The molecule has 0 aliphatic carbocycles. The summed E-state index contributed by atoms with van der Waals surface area (Å²) in [6, 6.07) is 5.75. The fourth-order valence-corrected chi connectivity index (χ4v) is 5.32. The molecule has 0 saturated carbocycles. The van der Waals surface area contributed by atoms with Crippen LogP contribution in [0.1, 0.15) is 58.6 Å². The van der Waals surface area contributed by atoms with Crippen molar-refractivity contribution in [1.82, 2.24) is 20.1 Å². The lowest BCUT2D eigenvalue weighted by Gasteiger charge is -2.35. The van der Waals surface area contributed by atoms with Crippen molar-refractivity contribution in [2.75, 3.05) is 46.4 Å². The highest BCUT2D eigenvalue weighted by molar-refractivity contribution is 6.14. The van der Waals surface area contributed by atoms with Crippen molar-refractivity contribution >= 4 is 17.6 Å². The molecule has 35 heavy (non-hydrogen) atoms. The number of nitrogens with zero attached hydrogens (tertiary/aromatic N) is 5. The number of amides is 1. The van der Waals surface area contributed by atoms with Gasteiger partial charge in [-0.25, -0.2) is 5.01 Å². The molecule has 3 aliphatic heterocycles. The third-order valence-electron chi connectivity index (χ3n) is 7.37. The Morgan fingerprint density at radius 1 is 1.17 bits per heavy atom. The number of carbonyl (C=O) groups is 1. The summed E-state index contributed by atoms with van der Waals surface area (Å²) < 4.78 is 5.96. The van der Waals surface area contributed by atoms with E-state index in [1.807, 2.05) is 24.9 Å². The van der Waals surface area contributed by atoms with Crippen LogP contribution < -0.4 is 10.1 Å². The van der Waals surface area contributed by atoms with Crippen molar-refractivity contribution in [2.45, 2.75) is 66.0 Å². The highest BCUT2D eigenvalue weighted by Gasteiger charge is 2.47. The minimum atomic E-state index is -0.402. The summed E-state index contributed by atoms with van der Waals surface area (Å²) in [6.45, 7) is 16.5. The minimum Gasteiger partial charge on any atom is -0.493 e. The lowest BCUT2D eigenvalue weighted by molar-refractivity contribution is -0.124. The molecule has 3 heterocycles. The molecule has 192 valence electrons. The molecular formula is C27H42N6O2. The third kappa shape index (κ3) is 5.54. The van der Waals surface area contributed by atoms with Gasteiger partial charge < -0.3 is 19.9 Å². The standard InChI is InChI=1S/C27H42N6O2/c1-7-12-27(4,5)26-28-19(3)23-25(34)29-24(30-33(23)26)21-18-20(9-10-22(21)35-8-2)11-13-32-16-14-31(6)15-17-32/h9-10,18-19,23H,7-8,11-17H2,1-6H3,(H,29,30,34). The predicted octanol–water partition coefficient (Wildman–Crippen LogP) is 2.96. The molecule has 0 bridgehead atoms. The quantitative estimate of drug-likeness (QED) is 0.586. The minimum absolute atomic E-state index is 0.0566. The van der Waals surface area contributed by atoms with E-state index >= 15 is 0 Å². The summed E-state index contributed by atoms with van der Waals surface area (Å²) >= 11 is 0. The number of rotatable bonds is 9. The third-order valence-corrected chi connectivity index (χ3v) is 7.37. The molecule has 8 nitrogen and oxygen atoms in total. The molecule has 0 spiro atoms. The molecule has 1 amide bonds. The van der Waals surface area contributed by atoms with Crippen LogP contribution in [-0.2, 0) is 11.2 Å². The second kappa shape index (κ2) is 10.7. The van der Waals surface area contributed by atoms with Crippen molar-refractivity contribution in [3.8, 4) is 5.75 Å². The number of hydrogen-bond acceptors (Lipinski definition) is 7. The number of carbonyl (C=O) groups excluding carboxylic acids is 1. The van der Waals surface area contributed by atoms with E-state index < -0.39 is 6.04 Å². The first-order valence-electron chi connectivity index (χ1n) is 13.2. The predicted molar refractivity (Wildman–Crippen MR) is 141 cm³/mol. The number of fused-ring (bicyclic) bond motifs is 1. The van der Waals surface area contributed by atoms with Gasteiger partial charge in [-0.1, -0.05) is 33.3 Å². The van der Waals surface area contributed by atoms with Crippen LogP contribution in [0, 0.1) is 5.41 Å². The second-order valence-corrected chi connectivity index (χ2v) is 10.7. The Bertz CT molecular complexity index is 980. The van der Waals surface area contributed by atoms with Gasteiger partial charge in [0.05, 0.1) is 18.2 Å². The van der Waals surface area contributed by atoms with Gasteiger partial charge in [0, 0.05) is 38.1 Å². The van der Waals surface area contributed by atoms with Crippen molar-refractivity contribution in [3.63, 3.8) is 0 Å². The van der Waals surface area contributed by atoms with Crippen molar-refractivity contribution in [1.29, 1.82) is 0 Å². The maximum absolute atomic E-state index is 13.3. The number of piperazine rings is 1. The largest absolute Gasteiger partial charge is 0.493 e. The van der Waals surface area contributed by atoms with Crippen molar-refractivity contribution < 1.29 is 9.53 Å². The van der Waals surface area contributed by atoms with Crippen LogP contribution in [0.2, 0.25) is 0 Å². The zero-order valence-electron chi connectivity index (χ0n) is 22.3. The molecular weight excluding hydrogens is 440 g/mol. The molecule has 0 radical (unpaired) electrons. The topological polar surface area (TPSA) is 72.8 Å². The van der Waals surface area contributed by atoms with Crippen LogP contribution in [0.5, 0.6) is 5.75 Å². The first-order chi connectivity index (χ1) is 16.7. The summed E-state index contributed by atoms with van der Waals surface area (Å²) in [5.41, 5.74) is 1.90. The van der Waals surface area contributed by atoms with E-state index in [0.717, 1.165) is 69.1 Å². The van der Waals surface area contributed by atoms with Gasteiger partial charge in [-0.2, -0.15) is 5.10 Å². The Balaban J connectivity index is 1.61. The Hall–Kier alpha value is -2.45. The van der Waals surface area contributed by atoms with Gasteiger partial charge in [-0.15, -0.1) is 0 Å². The van der Waals surface area contributed by atoms with Crippen LogP contribution in [-0.4, -0.2) is 90.8 Å². The van der Waals surface area contributed by atoms with E-state index in [1.54, 1.807) is 0 Å². The average Bonchev–Trinajstić information content (AvgIpc) is 3.17. The fourth-order valence-electron chi connectivity index (χ4n) is 5.32. The fraction of sp³-hybridized carbons (Fsp3) is 0.667. The number of amidine groups is 2. The molecule has 1 N–H and O–H groups in total. The average molecular weight is 483 g/mol. The zero-order valence-corrected chi connectivity index (χ0v) is 22.3. The lowest BCUT2D eigenvalue weighted by atomic mass is 9.86. The van der Waals surface area contributed by atoms with Crippen LogP contribution in [0.4, 0.5) is 0 Å². The van der Waals surface area contributed by atoms with E-state index in [4.69, 9.17) is 14.8 Å². The summed E-state index contributed by atoms with van der Waals surface area (Å²) in [5, 5.41) is 9.93.